The standard InChI is InChI=1S/C15H24O2/c1-10-6-7-15-11(2)4-5-12(15)14(3,16)9-17-13(15)8-10/h8,11-13,16H,4-7,9H2,1-3H3/t11-,12+,13-,14+,15+/m0/s1. The lowest BCUT2D eigenvalue weighted by Gasteiger charge is -2.55. The van der Waals surface area contributed by atoms with Crippen molar-refractivity contribution in [3.8, 4) is 0 Å². The maximum absolute atomic E-state index is 10.6. The molecule has 1 spiro atoms. The van der Waals surface area contributed by atoms with Crippen molar-refractivity contribution >= 4 is 0 Å². The predicted octanol–water partition coefficient (Wildman–Crippen LogP) is 2.91. The first kappa shape index (κ1) is 11.7. The molecule has 96 valence electrons. The van der Waals surface area contributed by atoms with Crippen molar-refractivity contribution in [3.05, 3.63) is 11.6 Å². The summed E-state index contributed by atoms with van der Waals surface area (Å²) >= 11 is 0. The molecular formula is C15H24O2. The summed E-state index contributed by atoms with van der Waals surface area (Å²) in [5.74, 6) is 1.10. The smallest absolute Gasteiger partial charge is 0.0886 e. The maximum Gasteiger partial charge on any atom is 0.0886 e. The van der Waals surface area contributed by atoms with Crippen LogP contribution in [0.5, 0.6) is 0 Å². The Bertz CT molecular complexity index is 358. The van der Waals surface area contributed by atoms with Gasteiger partial charge in [-0.1, -0.05) is 18.6 Å². The third-order valence-corrected chi connectivity index (χ3v) is 5.68. The van der Waals surface area contributed by atoms with Gasteiger partial charge >= 0.3 is 0 Å². The van der Waals surface area contributed by atoms with E-state index in [1.807, 2.05) is 6.92 Å². The van der Waals surface area contributed by atoms with E-state index in [-0.39, 0.29) is 11.5 Å². The molecule has 0 unspecified atom stereocenters. The van der Waals surface area contributed by atoms with Gasteiger partial charge in [-0.25, -0.2) is 0 Å². The second-order valence-electron chi connectivity index (χ2n) is 6.75. The first-order valence-corrected chi connectivity index (χ1v) is 6.98. The molecule has 0 radical (unpaired) electrons. The fourth-order valence-electron chi connectivity index (χ4n) is 4.70. The van der Waals surface area contributed by atoms with Gasteiger partial charge in [0, 0.05) is 5.41 Å². The van der Waals surface area contributed by atoms with Gasteiger partial charge < -0.3 is 9.84 Å². The van der Waals surface area contributed by atoms with Crippen LogP contribution >= 0.6 is 0 Å². The number of allylic oxidation sites excluding steroid dienone is 1. The Morgan fingerprint density at radius 1 is 1.41 bits per heavy atom. The van der Waals surface area contributed by atoms with Crippen LogP contribution in [0.1, 0.15) is 46.5 Å². The van der Waals surface area contributed by atoms with E-state index in [4.69, 9.17) is 4.74 Å². The zero-order chi connectivity index (χ0) is 12.3. The van der Waals surface area contributed by atoms with E-state index < -0.39 is 5.60 Å². The molecule has 3 aliphatic rings. The zero-order valence-electron chi connectivity index (χ0n) is 11.2. The summed E-state index contributed by atoms with van der Waals surface area (Å²) in [5.41, 5.74) is 1.04. The highest BCUT2D eigenvalue weighted by Crippen LogP contribution is 2.61. The Morgan fingerprint density at radius 2 is 2.18 bits per heavy atom. The molecule has 1 aliphatic heterocycles. The van der Waals surface area contributed by atoms with Gasteiger partial charge in [0.2, 0.25) is 0 Å². The molecular weight excluding hydrogens is 212 g/mol. The van der Waals surface area contributed by atoms with Gasteiger partial charge in [0.1, 0.15) is 0 Å². The van der Waals surface area contributed by atoms with Crippen molar-refractivity contribution in [2.45, 2.75) is 58.2 Å². The summed E-state index contributed by atoms with van der Waals surface area (Å²) in [4.78, 5) is 0. The second kappa shape index (κ2) is 3.58. The quantitative estimate of drug-likeness (QED) is 0.655. The molecule has 0 aromatic carbocycles. The van der Waals surface area contributed by atoms with Gasteiger partial charge in [0.25, 0.3) is 0 Å². The first-order chi connectivity index (χ1) is 7.97. The summed E-state index contributed by atoms with van der Waals surface area (Å²) in [5, 5.41) is 10.6. The van der Waals surface area contributed by atoms with Gasteiger partial charge in [0.05, 0.1) is 18.3 Å². The van der Waals surface area contributed by atoms with Crippen LogP contribution in [0.15, 0.2) is 11.6 Å². The Kier molecular flexibility index (Phi) is 2.47. The minimum absolute atomic E-state index is 0.210. The molecule has 1 saturated carbocycles. The Labute approximate surface area is 104 Å². The summed E-state index contributed by atoms with van der Waals surface area (Å²) in [7, 11) is 0. The predicted molar refractivity (Wildman–Crippen MR) is 67.7 cm³/mol. The lowest BCUT2D eigenvalue weighted by atomic mass is 9.57. The van der Waals surface area contributed by atoms with Crippen molar-refractivity contribution in [1.82, 2.24) is 0 Å². The topological polar surface area (TPSA) is 29.5 Å². The lowest BCUT2D eigenvalue weighted by Crippen LogP contribution is -2.59. The van der Waals surface area contributed by atoms with E-state index >= 15 is 0 Å². The molecule has 0 amide bonds. The zero-order valence-corrected chi connectivity index (χ0v) is 11.2. The Balaban J connectivity index is 2.05. The van der Waals surface area contributed by atoms with Crippen molar-refractivity contribution in [2.24, 2.45) is 17.3 Å². The van der Waals surface area contributed by atoms with Gasteiger partial charge in [-0.2, -0.15) is 0 Å². The van der Waals surface area contributed by atoms with E-state index in [9.17, 15) is 5.11 Å². The maximum atomic E-state index is 10.6. The molecule has 0 bridgehead atoms. The van der Waals surface area contributed by atoms with Gasteiger partial charge in [0.15, 0.2) is 0 Å². The molecule has 2 aliphatic carbocycles. The highest BCUT2D eigenvalue weighted by Gasteiger charge is 2.61. The summed E-state index contributed by atoms with van der Waals surface area (Å²) in [6.07, 6.45) is 7.36. The van der Waals surface area contributed by atoms with Crippen LogP contribution < -0.4 is 0 Å². The number of hydrogen-bond donors (Lipinski definition) is 1. The molecule has 2 nitrogen and oxygen atoms in total. The SMILES string of the molecule is CC1=C[C@@H]2OC[C@@](C)(O)[C@H]3CC[C@H](C)[C@@]23CC1. The van der Waals surface area contributed by atoms with Crippen LogP contribution in [-0.2, 0) is 4.74 Å². The van der Waals surface area contributed by atoms with Crippen LogP contribution in [0, 0.1) is 17.3 Å². The monoisotopic (exact) mass is 236 g/mol. The van der Waals surface area contributed by atoms with Crippen molar-refractivity contribution < 1.29 is 9.84 Å². The van der Waals surface area contributed by atoms with Crippen LogP contribution in [0.2, 0.25) is 0 Å². The van der Waals surface area contributed by atoms with E-state index in [2.05, 4.69) is 19.9 Å². The molecule has 1 N–H and O–H groups in total. The molecule has 3 rings (SSSR count). The highest BCUT2D eigenvalue weighted by molar-refractivity contribution is 5.21. The van der Waals surface area contributed by atoms with Crippen LogP contribution in [0.25, 0.3) is 0 Å². The summed E-state index contributed by atoms with van der Waals surface area (Å²) < 4.78 is 6.02. The number of ether oxygens (including phenoxy) is 1. The van der Waals surface area contributed by atoms with Crippen LogP contribution in [0.3, 0.4) is 0 Å². The van der Waals surface area contributed by atoms with E-state index in [1.165, 1.54) is 31.3 Å². The fourth-order valence-corrected chi connectivity index (χ4v) is 4.70. The summed E-state index contributed by atoms with van der Waals surface area (Å²) in [6, 6.07) is 0. The largest absolute Gasteiger partial charge is 0.387 e. The molecule has 17 heavy (non-hydrogen) atoms. The molecule has 0 aromatic rings. The van der Waals surface area contributed by atoms with Crippen LogP contribution in [0.4, 0.5) is 0 Å². The lowest BCUT2D eigenvalue weighted by molar-refractivity contribution is -0.209. The molecule has 1 saturated heterocycles. The van der Waals surface area contributed by atoms with Crippen LogP contribution in [-0.4, -0.2) is 23.4 Å². The van der Waals surface area contributed by atoms with Gasteiger partial charge in [-0.3, -0.25) is 0 Å². The number of hydrogen-bond acceptors (Lipinski definition) is 2. The van der Waals surface area contributed by atoms with E-state index in [0.29, 0.717) is 18.4 Å². The third-order valence-electron chi connectivity index (χ3n) is 5.68. The van der Waals surface area contributed by atoms with Gasteiger partial charge in [-0.05, 0) is 51.4 Å². The summed E-state index contributed by atoms with van der Waals surface area (Å²) in [6.45, 7) is 7.03. The average Bonchev–Trinajstić information content (AvgIpc) is 2.60. The van der Waals surface area contributed by atoms with Crippen molar-refractivity contribution in [3.63, 3.8) is 0 Å². The van der Waals surface area contributed by atoms with E-state index in [0.717, 1.165) is 0 Å². The van der Waals surface area contributed by atoms with Crippen molar-refractivity contribution in [1.29, 1.82) is 0 Å². The molecule has 2 fully saturated rings. The number of aliphatic hydroxyl groups is 1. The second-order valence-corrected chi connectivity index (χ2v) is 6.75. The van der Waals surface area contributed by atoms with Crippen molar-refractivity contribution in [2.75, 3.05) is 6.61 Å². The highest BCUT2D eigenvalue weighted by atomic mass is 16.5. The Hall–Kier alpha value is -0.340. The fraction of sp³-hybridized carbons (Fsp3) is 0.867. The molecule has 1 heterocycles. The average molecular weight is 236 g/mol. The normalized spacial score (nSPS) is 53.9. The molecule has 2 heteroatoms. The van der Waals surface area contributed by atoms with Gasteiger partial charge in [-0.15, -0.1) is 0 Å². The minimum atomic E-state index is -0.625. The Morgan fingerprint density at radius 3 is 2.94 bits per heavy atom. The molecule has 5 atom stereocenters. The molecule has 0 aromatic heterocycles. The third kappa shape index (κ3) is 1.47. The first-order valence-electron chi connectivity index (χ1n) is 6.98. The van der Waals surface area contributed by atoms with E-state index in [1.54, 1.807) is 0 Å². The number of rotatable bonds is 0. The minimum Gasteiger partial charge on any atom is -0.387 e.